The van der Waals surface area contributed by atoms with Crippen molar-refractivity contribution >= 4 is 29.2 Å². The van der Waals surface area contributed by atoms with Gasteiger partial charge in [0.15, 0.2) is 0 Å². The van der Waals surface area contributed by atoms with Gasteiger partial charge >= 0.3 is 5.97 Å². The van der Waals surface area contributed by atoms with E-state index in [1.54, 1.807) is 13.0 Å². The number of ether oxygens (including phenoxy) is 1. The van der Waals surface area contributed by atoms with Gasteiger partial charge in [0.1, 0.15) is 11.8 Å². The number of hydrogen-bond donors (Lipinski definition) is 2. The van der Waals surface area contributed by atoms with Crippen molar-refractivity contribution in [2.24, 2.45) is 5.92 Å². The van der Waals surface area contributed by atoms with Gasteiger partial charge in [0.05, 0.1) is 12.8 Å². The fourth-order valence-electron chi connectivity index (χ4n) is 2.71. The van der Waals surface area contributed by atoms with Crippen LogP contribution in [0.4, 0.5) is 5.69 Å². The van der Waals surface area contributed by atoms with Crippen LogP contribution in [0, 0.1) is 5.92 Å². The molecule has 0 aliphatic carbocycles. The number of hydrogen-bond acceptors (Lipinski definition) is 5. The average molecular weight is 341 g/mol. The third-order valence-electron chi connectivity index (χ3n) is 4.21. The normalized spacial score (nSPS) is 17.5. The molecular formula is C16H21ClN2O4. The Bertz CT molecular complexity index is 585. The Hall–Kier alpha value is -1.79. The molecule has 1 aromatic rings. The molecule has 7 heteroatoms. The number of carbonyl (C=O) groups is 2. The van der Waals surface area contributed by atoms with E-state index in [1.165, 1.54) is 19.2 Å². The highest BCUT2D eigenvalue weighted by Gasteiger charge is 2.30. The molecule has 0 bridgehead atoms. The van der Waals surface area contributed by atoms with Gasteiger partial charge in [0, 0.05) is 10.9 Å². The van der Waals surface area contributed by atoms with Gasteiger partial charge in [-0.1, -0.05) is 11.6 Å². The number of benzene rings is 1. The smallest absolute Gasteiger partial charge is 0.322 e. The molecule has 0 saturated carbocycles. The summed E-state index contributed by atoms with van der Waals surface area (Å²) in [5, 5.41) is 12.9. The molecule has 0 spiro atoms. The van der Waals surface area contributed by atoms with E-state index >= 15 is 0 Å². The number of likely N-dealkylation sites (tertiary alicyclic amines) is 1. The van der Waals surface area contributed by atoms with Gasteiger partial charge in [0.2, 0.25) is 5.91 Å². The number of nitrogens with one attached hydrogen (secondary N) is 1. The molecule has 2 rings (SSSR count). The molecule has 1 amide bonds. The van der Waals surface area contributed by atoms with E-state index < -0.39 is 0 Å². The van der Waals surface area contributed by atoms with Gasteiger partial charge in [0.25, 0.3) is 0 Å². The van der Waals surface area contributed by atoms with Crippen LogP contribution in [0.3, 0.4) is 0 Å². The van der Waals surface area contributed by atoms with Gasteiger partial charge < -0.3 is 15.2 Å². The zero-order chi connectivity index (χ0) is 17.0. The first-order valence-corrected chi connectivity index (χ1v) is 7.91. The number of rotatable bonds is 4. The van der Waals surface area contributed by atoms with Gasteiger partial charge in [-0.15, -0.1) is 0 Å². The first kappa shape index (κ1) is 17.6. The second-order valence-electron chi connectivity index (χ2n) is 5.66. The van der Waals surface area contributed by atoms with Crippen molar-refractivity contribution in [3.05, 3.63) is 23.2 Å². The SMILES string of the molecule is COC(=O)[C@@H](C)N1CCC(C(=O)Nc2cc(Cl)ccc2O)CC1. The number of anilines is 1. The molecule has 1 saturated heterocycles. The van der Waals surface area contributed by atoms with Crippen molar-refractivity contribution in [2.45, 2.75) is 25.8 Å². The highest BCUT2D eigenvalue weighted by molar-refractivity contribution is 6.31. The third-order valence-corrected chi connectivity index (χ3v) is 4.44. The van der Waals surface area contributed by atoms with Crippen LogP contribution in [-0.2, 0) is 14.3 Å². The maximum Gasteiger partial charge on any atom is 0.322 e. The molecule has 1 atom stereocenters. The van der Waals surface area contributed by atoms with E-state index in [4.69, 9.17) is 16.3 Å². The van der Waals surface area contributed by atoms with Crippen molar-refractivity contribution in [2.75, 3.05) is 25.5 Å². The molecule has 23 heavy (non-hydrogen) atoms. The minimum Gasteiger partial charge on any atom is -0.506 e. The summed E-state index contributed by atoms with van der Waals surface area (Å²) in [6.07, 6.45) is 1.29. The van der Waals surface area contributed by atoms with Gasteiger partial charge in [-0.3, -0.25) is 14.5 Å². The summed E-state index contributed by atoms with van der Waals surface area (Å²) in [5.74, 6) is -0.585. The second kappa shape index (κ2) is 7.66. The van der Waals surface area contributed by atoms with Crippen LogP contribution in [0.25, 0.3) is 0 Å². The first-order valence-electron chi connectivity index (χ1n) is 7.53. The van der Waals surface area contributed by atoms with Crippen LogP contribution >= 0.6 is 11.6 Å². The molecule has 6 nitrogen and oxygen atoms in total. The quantitative estimate of drug-likeness (QED) is 0.649. The van der Waals surface area contributed by atoms with E-state index in [2.05, 4.69) is 5.32 Å². The summed E-state index contributed by atoms with van der Waals surface area (Å²) in [6.45, 7) is 3.10. The maximum absolute atomic E-state index is 12.3. The first-order chi connectivity index (χ1) is 10.9. The largest absolute Gasteiger partial charge is 0.506 e. The van der Waals surface area contributed by atoms with Gasteiger partial charge in [-0.25, -0.2) is 0 Å². The standard InChI is InChI=1S/C16H21ClN2O4/c1-10(16(22)23-2)19-7-5-11(6-8-19)15(21)18-13-9-12(17)3-4-14(13)20/h3-4,9-11,20H,5-8H2,1-2H3,(H,18,21)/t10-/m1/s1. The fourth-order valence-corrected chi connectivity index (χ4v) is 2.88. The zero-order valence-electron chi connectivity index (χ0n) is 13.2. The Morgan fingerprint density at radius 2 is 2.04 bits per heavy atom. The molecule has 126 valence electrons. The molecule has 1 aliphatic rings. The number of nitrogens with zero attached hydrogens (tertiary/aromatic N) is 1. The second-order valence-corrected chi connectivity index (χ2v) is 6.10. The lowest BCUT2D eigenvalue weighted by Gasteiger charge is -2.34. The minimum absolute atomic E-state index is 0.0144. The topological polar surface area (TPSA) is 78.9 Å². The number of phenolic OH excluding ortho intramolecular Hbond substituents is 1. The number of piperidine rings is 1. The number of amides is 1. The molecule has 1 aliphatic heterocycles. The van der Waals surface area contributed by atoms with E-state index in [9.17, 15) is 14.7 Å². The van der Waals surface area contributed by atoms with Gasteiger partial charge in [-0.2, -0.15) is 0 Å². The number of phenols is 1. The van der Waals surface area contributed by atoms with Crippen LogP contribution in [0.1, 0.15) is 19.8 Å². The van der Waals surface area contributed by atoms with Crippen molar-refractivity contribution in [1.29, 1.82) is 0 Å². The lowest BCUT2D eigenvalue weighted by Crippen LogP contribution is -2.46. The van der Waals surface area contributed by atoms with Gasteiger partial charge in [-0.05, 0) is 51.1 Å². The van der Waals surface area contributed by atoms with Crippen LogP contribution in [0.15, 0.2) is 18.2 Å². The number of esters is 1. The summed E-state index contributed by atoms with van der Waals surface area (Å²) in [7, 11) is 1.37. The van der Waals surface area contributed by atoms with E-state index in [-0.39, 0.29) is 29.6 Å². The molecule has 1 aromatic carbocycles. The van der Waals surface area contributed by atoms with Crippen LogP contribution in [-0.4, -0.2) is 48.1 Å². The van der Waals surface area contributed by atoms with Crippen molar-refractivity contribution in [3.63, 3.8) is 0 Å². The lowest BCUT2D eigenvalue weighted by atomic mass is 9.95. The Morgan fingerprint density at radius 1 is 1.39 bits per heavy atom. The Morgan fingerprint density at radius 3 is 2.65 bits per heavy atom. The molecule has 1 heterocycles. The van der Waals surface area contributed by atoms with Crippen LogP contribution in [0.5, 0.6) is 5.75 Å². The lowest BCUT2D eigenvalue weighted by molar-refractivity contribution is -0.146. The van der Waals surface area contributed by atoms with Crippen LogP contribution < -0.4 is 5.32 Å². The van der Waals surface area contributed by atoms with Crippen molar-refractivity contribution in [3.8, 4) is 5.75 Å². The summed E-state index contributed by atoms with van der Waals surface area (Å²) < 4.78 is 4.74. The Labute approximate surface area is 140 Å². The highest BCUT2D eigenvalue weighted by Crippen LogP contribution is 2.28. The predicted molar refractivity (Wildman–Crippen MR) is 87.5 cm³/mol. The fraction of sp³-hybridized carbons (Fsp3) is 0.500. The monoisotopic (exact) mass is 340 g/mol. The highest BCUT2D eigenvalue weighted by atomic mass is 35.5. The average Bonchev–Trinajstić information content (AvgIpc) is 2.56. The molecule has 0 radical (unpaired) electrons. The summed E-state index contributed by atoms with van der Waals surface area (Å²) in [5.41, 5.74) is 0.313. The molecular weight excluding hydrogens is 320 g/mol. The molecule has 0 aromatic heterocycles. The Kier molecular flexibility index (Phi) is 5.85. The predicted octanol–water partition coefficient (Wildman–Crippen LogP) is 2.26. The van der Waals surface area contributed by atoms with E-state index in [1.807, 2.05) is 4.90 Å². The maximum atomic E-state index is 12.3. The molecule has 0 unspecified atom stereocenters. The zero-order valence-corrected chi connectivity index (χ0v) is 14.0. The number of carbonyl (C=O) groups excluding carboxylic acids is 2. The van der Waals surface area contributed by atoms with E-state index in [0.29, 0.717) is 36.6 Å². The molecule has 1 fully saturated rings. The Balaban J connectivity index is 1.91. The van der Waals surface area contributed by atoms with Crippen molar-refractivity contribution < 1.29 is 19.4 Å². The number of methoxy groups -OCH3 is 1. The summed E-state index contributed by atoms with van der Waals surface area (Å²) in [4.78, 5) is 25.9. The number of halogens is 1. The van der Waals surface area contributed by atoms with E-state index in [0.717, 1.165) is 0 Å². The molecule has 2 N–H and O–H groups in total. The number of aromatic hydroxyl groups is 1. The summed E-state index contributed by atoms with van der Waals surface area (Å²) in [6, 6.07) is 4.21. The minimum atomic E-state index is -0.305. The summed E-state index contributed by atoms with van der Waals surface area (Å²) >= 11 is 5.87. The van der Waals surface area contributed by atoms with Crippen molar-refractivity contribution in [1.82, 2.24) is 4.90 Å². The third kappa shape index (κ3) is 4.36. The van der Waals surface area contributed by atoms with Crippen LogP contribution in [0.2, 0.25) is 5.02 Å².